The molecule has 0 radical (unpaired) electrons. The summed E-state index contributed by atoms with van der Waals surface area (Å²) < 4.78 is 63.9. The van der Waals surface area contributed by atoms with Crippen molar-refractivity contribution in [3.05, 3.63) is 16.8 Å². The van der Waals surface area contributed by atoms with Crippen molar-refractivity contribution in [1.82, 2.24) is 9.55 Å². The Balaban J connectivity index is 3.11. The van der Waals surface area contributed by atoms with Gasteiger partial charge in [-0.3, -0.25) is 9.09 Å². The number of aliphatic hydroxyl groups is 2. The van der Waals surface area contributed by atoms with Gasteiger partial charge in [0, 0.05) is 0 Å². The van der Waals surface area contributed by atoms with Crippen LogP contribution < -0.4 is 5.73 Å². The van der Waals surface area contributed by atoms with Crippen LogP contribution in [0.5, 0.6) is 0 Å². The number of rotatable bonds is 11. The number of phosphoric acid groups is 3. The minimum absolute atomic E-state index is 0.499. The molecule has 1 aromatic heterocycles. The number of aromatic nitrogens is 2. The Hall–Kier alpha value is -1.12. The summed E-state index contributed by atoms with van der Waals surface area (Å²) in [5, 5.41) is 20.1. The zero-order valence-electron chi connectivity index (χ0n) is 15.7. The summed E-state index contributed by atoms with van der Waals surface area (Å²) in [6, 6.07) is 0. The normalized spacial score (nSPS) is 19.7. The molecule has 0 saturated heterocycles. The van der Waals surface area contributed by atoms with Gasteiger partial charge in [0.05, 0.1) is 12.3 Å². The molecule has 32 heavy (non-hydrogen) atoms. The second-order valence-electron chi connectivity index (χ2n) is 5.68. The summed E-state index contributed by atoms with van der Waals surface area (Å²) in [5.41, 5.74) is 2.72. The van der Waals surface area contributed by atoms with Gasteiger partial charge in [0.2, 0.25) is 11.2 Å². The van der Waals surface area contributed by atoms with E-state index in [9.17, 15) is 33.2 Å². The van der Waals surface area contributed by atoms with Gasteiger partial charge in [0.25, 0.3) is 0 Å². The fraction of sp³-hybridized carbons (Fsp3) is 0.455. The lowest BCUT2D eigenvalue weighted by molar-refractivity contribution is -0.240. The number of halogens is 1. The van der Waals surface area contributed by atoms with Crippen LogP contribution >= 0.6 is 35.7 Å². The minimum Gasteiger partial charge on any atom is -0.389 e. The number of anilines is 1. The molecule has 0 saturated carbocycles. The molecule has 0 aromatic carbocycles. The molecule has 16 nitrogen and oxygen atoms in total. The van der Waals surface area contributed by atoms with Crippen molar-refractivity contribution in [1.29, 1.82) is 0 Å². The molecule has 1 heterocycles. The molecule has 0 aliphatic rings. The fourth-order valence-corrected chi connectivity index (χ4v) is 5.08. The van der Waals surface area contributed by atoms with Crippen LogP contribution in [0.15, 0.2) is 6.20 Å². The van der Waals surface area contributed by atoms with Crippen LogP contribution in [0.3, 0.4) is 0 Å². The Labute approximate surface area is 183 Å². The van der Waals surface area contributed by atoms with Crippen molar-refractivity contribution in [3.63, 3.8) is 0 Å². The van der Waals surface area contributed by atoms with Gasteiger partial charge in [-0.25, -0.2) is 18.1 Å². The van der Waals surface area contributed by atoms with E-state index in [2.05, 4.69) is 18.1 Å². The van der Waals surface area contributed by atoms with Crippen LogP contribution in [0.25, 0.3) is 0 Å². The summed E-state index contributed by atoms with van der Waals surface area (Å²) in [6.45, 7) is -0.353. The van der Waals surface area contributed by atoms with Gasteiger partial charge in [-0.2, -0.15) is 13.6 Å². The van der Waals surface area contributed by atoms with Gasteiger partial charge >= 0.3 is 23.5 Å². The second kappa shape index (κ2) is 10.4. The molecule has 0 aliphatic heterocycles. The van der Waals surface area contributed by atoms with Crippen LogP contribution in [-0.4, -0.2) is 57.6 Å². The average Bonchev–Trinajstić information content (AvgIpc) is 2.58. The molecule has 0 spiro atoms. The predicted molar refractivity (Wildman–Crippen MR) is 103 cm³/mol. The maximum Gasteiger partial charge on any atom is 0.490 e. The van der Waals surface area contributed by atoms with Crippen LogP contribution in [0.2, 0.25) is 0 Å². The first-order valence-electron chi connectivity index (χ1n) is 7.67. The van der Waals surface area contributed by atoms with Gasteiger partial charge < -0.3 is 40.3 Å². The van der Waals surface area contributed by atoms with Gasteiger partial charge in [-0.15, -0.1) is 6.42 Å². The highest BCUT2D eigenvalue weighted by atomic mass is 32.1. The molecule has 0 aliphatic carbocycles. The molecule has 2 unspecified atom stereocenters. The molecule has 1 rings (SSSR count). The zero-order chi connectivity index (χ0) is 25.1. The first kappa shape index (κ1) is 28.9. The van der Waals surface area contributed by atoms with Crippen molar-refractivity contribution < 1.29 is 65.8 Å². The Morgan fingerprint density at radius 1 is 1.28 bits per heavy atom. The topological polar surface area (TPSA) is 253 Å². The molecule has 0 fully saturated rings. The summed E-state index contributed by atoms with van der Waals surface area (Å²) >= 11 is 4.77. The average molecular weight is 543 g/mol. The summed E-state index contributed by atoms with van der Waals surface area (Å²) in [4.78, 5) is 39.1. The summed E-state index contributed by atoms with van der Waals surface area (Å²) in [7, 11) is -17.1. The number of nitrogens with two attached hydrogens (primary N) is 1. The van der Waals surface area contributed by atoms with Crippen molar-refractivity contribution >= 4 is 41.5 Å². The molecule has 0 bridgehead atoms. The van der Waals surface area contributed by atoms with Crippen LogP contribution in [-0.2, 0) is 31.6 Å². The van der Waals surface area contributed by atoms with Gasteiger partial charge in [0.1, 0.15) is 6.61 Å². The number of hydrogen-bond acceptors (Lipinski definition) is 12. The fourth-order valence-electron chi connectivity index (χ4n) is 1.79. The summed E-state index contributed by atoms with van der Waals surface area (Å²) in [5.74, 6) is 0.0827. The molecule has 8 N–H and O–H groups in total. The van der Waals surface area contributed by atoms with Gasteiger partial charge in [-0.1, -0.05) is 5.92 Å². The van der Waals surface area contributed by atoms with Crippen molar-refractivity contribution in [2.75, 3.05) is 12.3 Å². The largest absolute Gasteiger partial charge is 0.490 e. The molecule has 21 heteroatoms. The second-order valence-corrected chi connectivity index (χ2v) is 10.5. The van der Waals surface area contributed by atoms with E-state index in [1.807, 2.05) is 5.92 Å². The molecular weight excluding hydrogens is 526 g/mol. The maximum absolute atomic E-state index is 13.6. The lowest BCUT2D eigenvalue weighted by Gasteiger charge is -2.33. The third-order valence-electron chi connectivity index (χ3n) is 3.26. The smallest absolute Gasteiger partial charge is 0.389 e. The molecule has 1 aromatic rings. The first-order chi connectivity index (χ1) is 14.3. The SMILES string of the molecule is C#C[C@](COP(=O)(O)OP(=O)(O)OP(=O)(O)O)(O[C@H](O)n1cc(F)c(N)nc1=S)[C@@H](C)O. The van der Waals surface area contributed by atoms with Crippen LogP contribution in [0.4, 0.5) is 10.2 Å². The number of nitrogen functional groups attached to an aromatic ring is 1. The summed E-state index contributed by atoms with van der Waals surface area (Å²) in [6.07, 6.45) is 1.76. The number of phosphoric ester groups is 1. The van der Waals surface area contributed by atoms with E-state index in [4.69, 9.17) is 43.8 Å². The van der Waals surface area contributed by atoms with Crippen LogP contribution in [0, 0.1) is 22.9 Å². The Morgan fingerprint density at radius 2 is 1.84 bits per heavy atom. The number of aliphatic hydroxyl groups excluding tert-OH is 2. The lowest BCUT2D eigenvalue weighted by Crippen LogP contribution is -2.48. The Bertz CT molecular complexity index is 1090. The Kier molecular flexibility index (Phi) is 9.42. The van der Waals surface area contributed by atoms with Gasteiger partial charge in [0.15, 0.2) is 17.2 Å². The van der Waals surface area contributed by atoms with E-state index >= 15 is 0 Å². The monoisotopic (exact) mass is 543 g/mol. The van der Waals surface area contributed by atoms with Crippen LogP contribution in [0.1, 0.15) is 13.3 Å². The van der Waals surface area contributed by atoms with Gasteiger partial charge in [-0.05, 0) is 19.1 Å². The predicted octanol–water partition coefficient (Wildman–Crippen LogP) is -0.105. The maximum atomic E-state index is 13.6. The van der Waals surface area contributed by atoms with Crippen molar-refractivity contribution in [2.24, 2.45) is 0 Å². The molecule has 0 amide bonds. The number of nitrogens with zero attached hydrogens (tertiary/aromatic N) is 2. The van der Waals surface area contributed by atoms with E-state index in [1.165, 1.54) is 0 Å². The zero-order valence-corrected chi connectivity index (χ0v) is 19.2. The Morgan fingerprint density at radius 3 is 2.31 bits per heavy atom. The van der Waals surface area contributed by atoms with E-state index in [0.717, 1.165) is 6.92 Å². The van der Waals surface area contributed by atoms with E-state index in [1.54, 1.807) is 0 Å². The third-order valence-corrected chi connectivity index (χ3v) is 7.35. The first-order valence-corrected chi connectivity index (χ1v) is 12.6. The standard InChI is InChI=1S/C11H17FN3O13P3S/c1-3-11(6(2)16,26-10(17)15-4-7(12)8(13)14-9(15)32)5-25-30(21,22)28-31(23,24)27-29(18,19)20/h1,4,6,10,16-17H,5H2,2H3,(H,21,22)(H,23,24)(H2,13,14,32)(H2,18,19,20)/t6-,10+,11-/m1/s1. The molecular formula is C11H17FN3O13P3S. The lowest BCUT2D eigenvalue weighted by atomic mass is 10.00. The highest BCUT2D eigenvalue weighted by Crippen LogP contribution is 2.66. The van der Waals surface area contributed by atoms with E-state index in [-0.39, 0.29) is 0 Å². The quantitative estimate of drug-likeness (QED) is 0.0832. The highest BCUT2D eigenvalue weighted by molar-refractivity contribution is 7.71. The number of ether oxygens (including phenoxy) is 1. The van der Waals surface area contributed by atoms with Crippen molar-refractivity contribution in [3.8, 4) is 12.3 Å². The molecule has 182 valence electrons. The molecule has 5 atom stereocenters. The minimum atomic E-state index is -5.83. The van der Waals surface area contributed by atoms with Crippen molar-refractivity contribution in [2.45, 2.75) is 25.0 Å². The van der Waals surface area contributed by atoms with E-state index < -0.39 is 64.6 Å². The van der Waals surface area contributed by atoms with E-state index in [0.29, 0.717) is 10.8 Å². The highest BCUT2D eigenvalue weighted by Gasteiger charge is 2.45. The number of hydrogen-bond donors (Lipinski definition) is 7. The number of terminal acetylenes is 1. The third kappa shape index (κ3) is 8.34.